The van der Waals surface area contributed by atoms with E-state index < -0.39 is 9.84 Å². The minimum absolute atomic E-state index is 0.193. The Kier molecular flexibility index (Phi) is 4.96. The molecule has 1 rings (SSSR count). The number of anilines is 1. The van der Waals surface area contributed by atoms with Crippen LogP contribution in [0.2, 0.25) is 0 Å². The second-order valence-electron chi connectivity index (χ2n) is 4.03. The van der Waals surface area contributed by atoms with E-state index in [4.69, 9.17) is 5.73 Å². The molecule has 0 aliphatic rings. The van der Waals surface area contributed by atoms with Gasteiger partial charge in [0.25, 0.3) is 0 Å². The van der Waals surface area contributed by atoms with Crippen LogP contribution in [0.3, 0.4) is 0 Å². The molecule has 0 bridgehead atoms. The third-order valence-corrected chi connectivity index (χ3v) is 4.47. The second kappa shape index (κ2) is 6.02. The lowest BCUT2D eigenvalue weighted by atomic mass is 10.2. The Morgan fingerprint density at radius 3 is 2.29 bits per heavy atom. The van der Waals surface area contributed by atoms with Crippen LogP contribution in [-0.2, 0) is 16.4 Å². The van der Waals surface area contributed by atoms with Crippen molar-refractivity contribution < 1.29 is 8.42 Å². The molecule has 0 radical (unpaired) electrons. The highest BCUT2D eigenvalue weighted by atomic mass is 32.2. The Morgan fingerprint density at radius 1 is 1.24 bits per heavy atom. The van der Waals surface area contributed by atoms with Gasteiger partial charge in [-0.3, -0.25) is 0 Å². The van der Waals surface area contributed by atoms with Crippen molar-refractivity contribution in [3.05, 3.63) is 29.8 Å². The van der Waals surface area contributed by atoms with Crippen LogP contribution < -0.4 is 10.6 Å². The summed E-state index contributed by atoms with van der Waals surface area (Å²) in [6.45, 7) is 2.71. The summed E-state index contributed by atoms with van der Waals surface area (Å²) in [6, 6.07) is 7.84. The van der Waals surface area contributed by atoms with E-state index in [1.807, 2.05) is 36.2 Å². The smallest absolute Gasteiger partial charge is 0.151 e. The molecule has 0 heterocycles. The van der Waals surface area contributed by atoms with E-state index in [0.717, 1.165) is 11.3 Å². The molecule has 0 amide bonds. The fraction of sp³-hybridized carbons (Fsp3) is 0.500. The van der Waals surface area contributed by atoms with Gasteiger partial charge in [-0.25, -0.2) is 8.42 Å². The first-order valence-electron chi connectivity index (χ1n) is 5.69. The summed E-state index contributed by atoms with van der Waals surface area (Å²) >= 11 is 0. The van der Waals surface area contributed by atoms with E-state index >= 15 is 0 Å². The average molecular weight is 256 g/mol. The van der Waals surface area contributed by atoms with E-state index in [0.29, 0.717) is 13.1 Å². The predicted molar refractivity (Wildman–Crippen MR) is 71.9 cm³/mol. The van der Waals surface area contributed by atoms with Gasteiger partial charge >= 0.3 is 0 Å². The molecule has 0 aromatic heterocycles. The summed E-state index contributed by atoms with van der Waals surface area (Å²) in [7, 11) is -1.01. The first-order chi connectivity index (χ1) is 7.98. The third-order valence-electron chi connectivity index (χ3n) is 2.79. The van der Waals surface area contributed by atoms with Crippen LogP contribution in [0.5, 0.6) is 0 Å². The largest absolute Gasteiger partial charge is 0.374 e. The van der Waals surface area contributed by atoms with Crippen LogP contribution in [0.25, 0.3) is 0 Å². The van der Waals surface area contributed by atoms with Gasteiger partial charge in [0.05, 0.1) is 5.75 Å². The predicted octanol–water partition coefficient (Wildman–Crippen LogP) is 1.02. The number of benzene rings is 1. The molecule has 0 unspecified atom stereocenters. The Labute approximate surface area is 103 Å². The second-order valence-corrected chi connectivity index (χ2v) is 6.50. The van der Waals surface area contributed by atoms with Crippen LogP contribution in [0.15, 0.2) is 24.3 Å². The topological polar surface area (TPSA) is 63.4 Å². The van der Waals surface area contributed by atoms with Gasteiger partial charge in [0.15, 0.2) is 9.84 Å². The van der Waals surface area contributed by atoms with Gasteiger partial charge in [-0.05, 0) is 17.7 Å². The van der Waals surface area contributed by atoms with E-state index in [1.54, 1.807) is 6.92 Å². The summed E-state index contributed by atoms with van der Waals surface area (Å²) < 4.78 is 22.8. The maximum atomic E-state index is 11.4. The van der Waals surface area contributed by atoms with Crippen molar-refractivity contribution in [3.8, 4) is 0 Å². The number of sulfone groups is 1. The Morgan fingerprint density at radius 2 is 1.82 bits per heavy atom. The summed E-state index contributed by atoms with van der Waals surface area (Å²) in [5.74, 6) is 0.394. The van der Waals surface area contributed by atoms with Crippen molar-refractivity contribution >= 4 is 15.5 Å². The Bertz CT molecular complexity index is 440. The van der Waals surface area contributed by atoms with E-state index in [-0.39, 0.29) is 11.5 Å². The average Bonchev–Trinajstić information content (AvgIpc) is 2.36. The van der Waals surface area contributed by atoms with E-state index in [2.05, 4.69) is 0 Å². The third kappa shape index (κ3) is 4.36. The fourth-order valence-corrected chi connectivity index (χ4v) is 2.28. The summed E-state index contributed by atoms with van der Waals surface area (Å²) in [4.78, 5) is 1.94. The van der Waals surface area contributed by atoms with Crippen molar-refractivity contribution in [2.75, 3.05) is 30.0 Å². The van der Waals surface area contributed by atoms with Crippen molar-refractivity contribution in [2.45, 2.75) is 13.5 Å². The quantitative estimate of drug-likeness (QED) is 0.825. The van der Waals surface area contributed by atoms with Gasteiger partial charge in [0.1, 0.15) is 0 Å². The zero-order valence-corrected chi connectivity index (χ0v) is 11.2. The number of nitrogens with two attached hydrogens (primary N) is 1. The summed E-state index contributed by atoms with van der Waals surface area (Å²) in [5, 5.41) is 0. The zero-order valence-electron chi connectivity index (χ0n) is 10.4. The maximum Gasteiger partial charge on any atom is 0.151 e. The highest BCUT2D eigenvalue weighted by Gasteiger charge is 2.09. The van der Waals surface area contributed by atoms with Crippen molar-refractivity contribution in [1.29, 1.82) is 0 Å². The lowest BCUT2D eigenvalue weighted by Crippen LogP contribution is -2.26. The molecule has 1 aromatic rings. The van der Waals surface area contributed by atoms with Crippen LogP contribution in [0, 0.1) is 0 Å². The number of rotatable bonds is 6. The molecule has 4 nitrogen and oxygen atoms in total. The molecule has 0 atom stereocenters. The summed E-state index contributed by atoms with van der Waals surface area (Å²) in [6.07, 6.45) is 0. The maximum absolute atomic E-state index is 11.4. The minimum Gasteiger partial charge on any atom is -0.374 e. The van der Waals surface area contributed by atoms with E-state index in [1.165, 1.54) is 0 Å². The number of hydrogen-bond donors (Lipinski definition) is 1. The van der Waals surface area contributed by atoms with Crippen molar-refractivity contribution in [2.24, 2.45) is 5.73 Å². The molecule has 0 spiro atoms. The zero-order chi connectivity index (χ0) is 12.9. The van der Waals surface area contributed by atoms with Gasteiger partial charge in [-0.15, -0.1) is 0 Å². The molecule has 1 aromatic carbocycles. The molecule has 17 heavy (non-hydrogen) atoms. The van der Waals surface area contributed by atoms with Crippen LogP contribution in [0.4, 0.5) is 5.69 Å². The van der Waals surface area contributed by atoms with Gasteiger partial charge < -0.3 is 10.6 Å². The standard InChI is InChI=1S/C12H20N2O2S/c1-3-17(15,16)9-8-14(2)12-6-4-11(10-13)5-7-12/h4-7H,3,8-10,13H2,1-2H3. The van der Waals surface area contributed by atoms with E-state index in [9.17, 15) is 8.42 Å². The SMILES string of the molecule is CCS(=O)(=O)CCN(C)c1ccc(CN)cc1. The molecule has 0 saturated carbocycles. The lowest BCUT2D eigenvalue weighted by Gasteiger charge is -2.19. The molecule has 0 aliphatic heterocycles. The first-order valence-corrected chi connectivity index (χ1v) is 7.51. The van der Waals surface area contributed by atoms with Crippen molar-refractivity contribution in [1.82, 2.24) is 0 Å². The van der Waals surface area contributed by atoms with Gasteiger partial charge in [0, 0.05) is 31.6 Å². The number of hydrogen-bond acceptors (Lipinski definition) is 4. The number of nitrogens with zero attached hydrogens (tertiary/aromatic N) is 1. The van der Waals surface area contributed by atoms with Gasteiger partial charge in [-0.2, -0.15) is 0 Å². The normalized spacial score (nSPS) is 11.5. The molecule has 2 N–H and O–H groups in total. The van der Waals surface area contributed by atoms with Crippen LogP contribution in [-0.4, -0.2) is 33.5 Å². The highest BCUT2D eigenvalue weighted by molar-refractivity contribution is 7.91. The molecule has 0 fully saturated rings. The molecule has 0 saturated heterocycles. The van der Waals surface area contributed by atoms with Crippen LogP contribution in [0.1, 0.15) is 12.5 Å². The fourth-order valence-electron chi connectivity index (χ4n) is 1.44. The molecule has 5 heteroatoms. The Balaban J connectivity index is 2.60. The molecular weight excluding hydrogens is 236 g/mol. The van der Waals surface area contributed by atoms with Crippen LogP contribution >= 0.6 is 0 Å². The lowest BCUT2D eigenvalue weighted by molar-refractivity contribution is 0.596. The monoisotopic (exact) mass is 256 g/mol. The van der Waals surface area contributed by atoms with Crippen molar-refractivity contribution in [3.63, 3.8) is 0 Å². The van der Waals surface area contributed by atoms with Gasteiger partial charge in [-0.1, -0.05) is 19.1 Å². The highest BCUT2D eigenvalue weighted by Crippen LogP contribution is 2.13. The summed E-state index contributed by atoms with van der Waals surface area (Å²) in [5.41, 5.74) is 7.60. The molecule has 0 aliphatic carbocycles. The first kappa shape index (κ1) is 14.0. The molecular formula is C12H20N2O2S. The Hall–Kier alpha value is -1.07. The minimum atomic E-state index is -2.90. The van der Waals surface area contributed by atoms with Gasteiger partial charge in [0.2, 0.25) is 0 Å². The molecule has 96 valence electrons.